The van der Waals surface area contributed by atoms with E-state index in [1.807, 2.05) is 4.90 Å². The molecule has 1 fully saturated rings. The van der Waals surface area contributed by atoms with E-state index in [4.69, 9.17) is 5.11 Å². The number of carbonyl (C=O) groups is 2. The number of hydrogen-bond donors (Lipinski definition) is 1. The van der Waals surface area contributed by atoms with Crippen molar-refractivity contribution >= 4 is 11.9 Å². The summed E-state index contributed by atoms with van der Waals surface area (Å²) >= 11 is 0. The molecule has 1 aliphatic heterocycles. The quantitative estimate of drug-likeness (QED) is 0.866. The average Bonchev–Trinajstić information content (AvgIpc) is 2.89. The molecule has 0 saturated carbocycles. The first-order chi connectivity index (χ1) is 9.16. The van der Waals surface area contributed by atoms with Crippen molar-refractivity contribution in [3.63, 3.8) is 0 Å². The van der Waals surface area contributed by atoms with Crippen LogP contribution in [0.5, 0.6) is 0 Å². The highest BCUT2D eigenvalue weighted by Gasteiger charge is 2.26. The Kier molecular flexibility index (Phi) is 4.54. The molecular weight excluding hydrogens is 246 g/mol. The molecular formula is C13H19N3O3. The Morgan fingerprint density at radius 2 is 2.21 bits per heavy atom. The number of rotatable bonds is 5. The highest BCUT2D eigenvalue weighted by atomic mass is 16.4. The van der Waals surface area contributed by atoms with Crippen molar-refractivity contribution in [2.45, 2.75) is 44.7 Å². The predicted octanol–water partition coefficient (Wildman–Crippen LogP) is 1.13. The largest absolute Gasteiger partial charge is 0.481 e. The lowest BCUT2D eigenvalue weighted by atomic mass is 9.98. The molecule has 6 nitrogen and oxygen atoms in total. The third kappa shape index (κ3) is 3.81. The third-order valence-corrected chi connectivity index (χ3v) is 3.50. The molecule has 1 aromatic rings. The molecule has 0 aliphatic carbocycles. The van der Waals surface area contributed by atoms with E-state index in [0.717, 1.165) is 25.8 Å². The fourth-order valence-electron chi connectivity index (χ4n) is 2.54. The lowest BCUT2D eigenvalue weighted by Crippen LogP contribution is -2.45. The van der Waals surface area contributed by atoms with Gasteiger partial charge in [0.15, 0.2) is 0 Å². The van der Waals surface area contributed by atoms with Gasteiger partial charge in [-0.1, -0.05) is 0 Å². The molecule has 1 saturated heterocycles. The normalized spacial score (nSPS) is 19.4. The number of carboxylic acids is 1. The van der Waals surface area contributed by atoms with Gasteiger partial charge in [0.1, 0.15) is 6.54 Å². The molecule has 19 heavy (non-hydrogen) atoms. The van der Waals surface area contributed by atoms with E-state index in [9.17, 15) is 9.59 Å². The minimum Gasteiger partial charge on any atom is -0.481 e. The van der Waals surface area contributed by atoms with Crippen molar-refractivity contribution in [1.29, 1.82) is 0 Å². The van der Waals surface area contributed by atoms with Crippen molar-refractivity contribution in [2.24, 2.45) is 0 Å². The molecule has 1 N–H and O–H groups in total. The summed E-state index contributed by atoms with van der Waals surface area (Å²) in [7, 11) is 0. The van der Waals surface area contributed by atoms with Crippen molar-refractivity contribution in [3.8, 4) is 0 Å². The van der Waals surface area contributed by atoms with Crippen molar-refractivity contribution in [1.82, 2.24) is 14.7 Å². The summed E-state index contributed by atoms with van der Waals surface area (Å²) in [6.45, 7) is 0.959. The number of nitrogens with zero attached hydrogens (tertiary/aromatic N) is 3. The lowest BCUT2D eigenvalue weighted by Gasteiger charge is -2.35. The van der Waals surface area contributed by atoms with Gasteiger partial charge in [-0.3, -0.25) is 14.3 Å². The zero-order valence-electron chi connectivity index (χ0n) is 10.9. The summed E-state index contributed by atoms with van der Waals surface area (Å²) in [5, 5.41) is 12.8. The van der Waals surface area contributed by atoms with Gasteiger partial charge in [-0.25, -0.2) is 0 Å². The summed E-state index contributed by atoms with van der Waals surface area (Å²) < 4.78 is 1.60. The van der Waals surface area contributed by atoms with Crippen LogP contribution in [0, 0.1) is 0 Å². The molecule has 6 heteroatoms. The van der Waals surface area contributed by atoms with Crippen molar-refractivity contribution in [3.05, 3.63) is 18.5 Å². The molecule has 1 aliphatic rings. The highest BCUT2D eigenvalue weighted by molar-refractivity contribution is 5.76. The molecule has 2 rings (SSSR count). The SMILES string of the molecule is O=C(O)CCC1CCCCN1C(=O)Cn1cccn1. The number of hydrogen-bond acceptors (Lipinski definition) is 3. The van der Waals surface area contributed by atoms with Crippen LogP contribution in [0.1, 0.15) is 32.1 Å². The van der Waals surface area contributed by atoms with Crippen LogP contribution in [0.2, 0.25) is 0 Å². The molecule has 2 heterocycles. The summed E-state index contributed by atoms with van der Waals surface area (Å²) in [4.78, 5) is 24.7. The van der Waals surface area contributed by atoms with Gasteiger partial charge in [-0.15, -0.1) is 0 Å². The second-order valence-corrected chi connectivity index (χ2v) is 4.87. The smallest absolute Gasteiger partial charge is 0.303 e. The number of likely N-dealkylation sites (tertiary alicyclic amines) is 1. The van der Waals surface area contributed by atoms with Gasteiger partial charge in [0.25, 0.3) is 0 Å². The average molecular weight is 265 g/mol. The number of carboxylic acid groups (broad SMARTS) is 1. The van der Waals surface area contributed by atoms with E-state index < -0.39 is 5.97 Å². The van der Waals surface area contributed by atoms with Crippen LogP contribution in [-0.2, 0) is 16.1 Å². The molecule has 1 amide bonds. The summed E-state index contributed by atoms with van der Waals surface area (Å²) in [6.07, 6.45) is 7.03. The van der Waals surface area contributed by atoms with E-state index in [2.05, 4.69) is 5.10 Å². The number of amides is 1. The fourth-order valence-corrected chi connectivity index (χ4v) is 2.54. The molecule has 104 valence electrons. The van der Waals surface area contributed by atoms with Crippen LogP contribution in [-0.4, -0.2) is 44.3 Å². The monoisotopic (exact) mass is 265 g/mol. The first-order valence-electron chi connectivity index (χ1n) is 6.65. The number of carbonyl (C=O) groups excluding carboxylic acids is 1. The Morgan fingerprint density at radius 3 is 2.89 bits per heavy atom. The van der Waals surface area contributed by atoms with Crippen molar-refractivity contribution < 1.29 is 14.7 Å². The Morgan fingerprint density at radius 1 is 1.37 bits per heavy atom. The van der Waals surface area contributed by atoms with Gasteiger partial charge >= 0.3 is 5.97 Å². The second kappa shape index (κ2) is 6.36. The number of aromatic nitrogens is 2. The van der Waals surface area contributed by atoms with Crippen LogP contribution in [0.3, 0.4) is 0 Å². The van der Waals surface area contributed by atoms with E-state index >= 15 is 0 Å². The molecule has 1 aromatic heterocycles. The fraction of sp³-hybridized carbons (Fsp3) is 0.615. The van der Waals surface area contributed by atoms with Crippen LogP contribution >= 0.6 is 0 Å². The number of aliphatic carboxylic acids is 1. The number of piperidine rings is 1. The zero-order chi connectivity index (χ0) is 13.7. The predicted molar refractivity (Wildman–Crippen MR) is 68.4 cm³/mol. The van der Waals surface area contributed by atoms with Crippen molar-refractivity contribution in [2.75, 3.05) is 6.54 Å². The first-order valence-corrected chi connectivity index (χ1v) is 6.65. The van der Waals surface area contributed by atoms with Gasteiger partial charge in [-0.05, 0) is 31.7 Å². The maximum atomic E-state index is 12.2. The summed E-state index contributed by atoms with van der Waals surface area (Å²) in [5.41, 5.74) is 0. The minimum absolute atomic E-state index is 0.0267. The Labute approximate surface area is 112 Å². The minimum atomic E-state index is -0.801. The van der Waals surface area contributed by atoms with Gasteiger partial charge in [0, 0.05) is 31.4 Å². The van der Waals surface area contributed by atoms with E-state index in [0.29, 0.717) is 6.42 Å². The van der Waals surface area contributed by atoms with Gasteiger partial charge in [0.2, 0.25) is 5.91 Å². The van der Waals surface area contributed by atoms with Gasteiger partial charge < -0.3 is 10.0 Å². The Bertz CT molecular complexity index is 430. The van der Waals surface area contributed by atoms with Gasteiger partial charge in [-0.2, -0.15) is 5.10 Å². The molecule has 1 atom stereocenters. The highest BCUT2D eigenvalue weighted by Crippen LogP contribution is 2.21. The van der Waals surface area contributed by atoms with Crippen LogP contribution in [0.4, 0.5) is 0 Å². The standard InChI is InChI=1S/C13H19N3O3/c17-12(10-15-8-3-7-14-15)16-9-2-1-4-11(16)5-6-13(18)19/h3,7-8,11H,1-2,4-6,9-10H2,(H,18,19). The molecule has 0 aromatic carbocycles. The van der Waals surface area contributed by atoms with E-state index in [1.54, 1.807) is 23.1 Å². The van der Waals surface area contributed by atoms with Crippen LogP contribution in [0.15, 0.2) is 18.5 Å². The van der Waals surface area contributed by atoms with Crippen LogP contribution in [0.25, 0.3) is 0 Å². The zero-order valence-corrected chi connectivity index (χ0v) is 10.9. The maximum Gasteiger partial charge on any atom is 0.303 e. The molecule has 1 unspecified atom stereocenters. The Hall–Kier alpha value is -1.85. The molecule has 0 bridgehead atoms. The van der Waals surface area contributed by atoms with Crippen LogP contribution < -0.4 is 0 Å². The summed E-state index contributed by atoms with van der Waals surface area (Å²) in [6, 6.07) is 1.85. The van der Waals surface area contributed by atoms with E-state index in [-0.39, 0.29) is 24.9 Å². The third-order valence-electron chi connectivity index (χ3n) is 3.50. The topological polar surface area (TPSA) is 75.4 Å². The maximum absolute atomic E-state index is 12.2. The van der Waals surface area contributed by atoms with E-state index in [1.165, 1.54) is 0 Å². The second-order valence-electron chi connectivity index (χ2n) is 4.87. The Balaban J connectivity index is 1.94. The van der Waals surface area contributed by atoms with Gasteiger partial charge in [0.05, 0.1) is 0 Å². The summed E-state index contributed by atoms with van der Waals surface area (Å²) in [5.74, 6) is -0.774. The molecule has 0 radical (unpaired) electrons. The molecule has 0 spiro atoms. The first kappa shape index (κ1) is 13.6. The lowest BCUT2D eigenvalue weighted by molar-refractivity contribution is -0.140.